The van der Waals surface area contributed by atoms with Crippen LogP contribution in [0.3, 0.4) is 0 Å². The lowest BCUT2D eigenvalue weighted by atomic mass is 9.88. The first-order valence-corrected chi connectivity index (χ1v) is 10.7. The summed E-state index contributed by atoms with van der Waals surface area (Å²) in [5, 5.41) is 17.1. The second kappa shape index (κ2) is 7.22. The van der Waals surface area contributed by atoms with E-state index in [1.54, 1.807) is 7.11 Å². The van der Waals surface area contributed by atoms with E-state index < -0.39 is 0 Å². The van der Waals surface area contributed by atoms with Gasteiger partial charge in [0, 0.05) is 11.1 Å². The monoisotopic (exact) mass is 425 g/mol. The van der Waals surface area contributed by atoms with E-state index in [1.807, 2.05) is 30.3 Å². The van der Waals surface area contributed by atoms with Crippen molar-refractivity contribution in [3.8, 4) is 34.2 Å². The largest absolute Gasteiger partial charge is 0.497 e. The van der Waals surface area contributed by atoms with Crippen molar-refractivity contribution in [3.05, 3.63) is 90.5 Å². The summed E-state index contributed by atoms with van der Waals surface area (Å²) >= 11 is 0. The predicted octanol–water partition coefficient (Wildman–Crippen LogP) is 6.78. The first-order chi connectivity index (χ1) is 16.2. The van der Waals surface area contributed by atoms with Crippen LogP contribution in [0.1, 0.15) is 5.56 Å². The van der Waals surface area contributed by atoms with Crippen LogP contribution >= 0.6 is 0 Å². The number of nitriles is 1. The molecule has 0 saturated carbocycles. The van der Waals surface area contributed by atoms with Gasteiger partial charge in [0.15, 0.2) is 0 Å². The molecule has 4 nitrogen and oxygen atoms in total. The van der Waals surface area contributed by atoms with E-state index >= 15 is 0 Å². The van der Waals surface area contributed by atoms with Gasteiger partial charge < -0.3 is 10.5 Å². The van der Waals surface area contributed by atoms with Gasteiger partial charge in [0.1, 0.15) is 23.2 Å². The van der Waals surface area contributed by atoms with E-state index in [1.165, 1.54) is 26.9 Å². The number of methoxy groups -OCH3 is 1. The van der Waals surface area contributed by atoms with Crippen molar-refractivity contribution in [2.45, 2.75) is 0 Å². The van der Waals surface area contributed by atoms with Crippen molar-refractivity contribution in [2.75, 3.05) is 12.8 Å². The number of hydrogen-bond acceptors (Lipinski definition) is 4. The van der Waals surface area contributed by atoms with Gasteiger partial charge in [-0.05, 0) is 68.2 Å². The Bertz CT molecular complexity index is 1700. The standard InChI is InChI=1S/C29H19N3O/c1-33-21-11-7-17(8-12-21)26-15-24(25(16-30)29(31)32-26)22-13-9-20-6-5-18-3-2-4-19-10-14-23(22)28(20)27(18)19/h2-15H,1H3,(H2,31,32). The van der Waals surface area contributed by atoms with Crippen molar-refractivity contribution in [1.29, 1.82) is 5.26 Å². The zero-order chi connectivity index (χ0) is 22.5. The molecule has 0 fully saturated rings. The topological polar surface area (TPSA) is 71.9 Å². The average molecular weight is 425 g/mol. The van der Waals surface area contributed by atoms with Crippen LogP contribution < -0.4 is 10.5 Å². The first kappa shape index (κ1) is 19.1. The Morgan fingerprint density at radius 2 is 1.45 bits per heavy atom. The predicted molar refractivity (Wildman–Crippen MR) is 134 cm³/mol. The van der Waals surface area contributed by atoms with E-state index in [4.69, 9.17) is 10.5 Å². The van der Waals surface area contributed by atoms with Gasteiger partial charge >= 0.3 is 0 Å². The molecule has 4 heteroatoms. The number of pyridine rings is 1. The molecular formula is C29H19N3O. The van der Waals surface area contributed by atoms with Crippen LogP contribution in [0, 0.1) is 11.3 Å². The van der Waals surface area contributed by atoms with Crippen molar-refractivity contribution >= 4 is 38.1 Å². The molecule has 0 aliphatic rings. The fourth-order valence-electron chi connectivity index (χ4n) is 4.77. The molecule has 0 saturated heterocycles. The van der Waals surface area contributed by atoms with Crippen LogP contribution in [0.2, 0.25) is 0 Å². The Morgan fingerprint density at radius 1 is 0.788 bits per heavy atom. The summed E-state index contributed by atoms with van der Waals surface area (Å²) in [5.41, 5.74) is 10.1. The molecule has 0 spiro atoms. The summed E-state index contributed by atoms with van der Waals surface area (Å²) < 4.78 is 5.27. The fraction of sp³-hybridized carbons (Fsp3) is 0.0345. The molecule has 0 unspecified atom stereocenters. The van der Waals surface area contributed by atoms with Gasteiger partial charge in [-0.3, -0.25) is 0 Å². The number of nitrogens with zero attached hydrogens (tertiary/aromatic N) is 2. The van der Waals surface area contributed by atoms with Crippen molar-refractivity contribution < 1.29 is 4.74 Å². The van der Waals surface area contributed by atoms with E-state index in [9.17, 15) is 5.26 Å². The third-order valence-corrected chi connectivity index (χ3v) is 6.36. The molecule has 0 aliphatic carbocycles. The number of nitrogen functional groups attached to an aromatic ring is 1. The van der Waals surface area contributed by atoms with Gasteiger partial charge in [-0.1, -0.05) is 54.6 Å². The fourth-order valence-corrected chi connectivity index (χ4v) is 4.77. The quantitative estimate of drug-likeness (QED) is 0.317. The molecule has 0 radical (unpaired) electrons. The smallest absolute Gasteiger partial charge is 0.142 e. The maximum atomic E-state index is 9.95. The van der Waals surface area contributed by atoms with Gasteiger partial charge in [-0.2, -0.15) is 5.26 Å². The van der Waals surface area contributed by atoms with Crippen LogP contribution in [0.4, 0.5) is 5.82 Å². The molecule has 5 aromatic carbocycles. The van der Waals surface area contributed by atoms with E-state index in [0.717, 1.165) is 33.5 Å². The molecule has 1 heterocycles. The second-order valence-corrected chi connectivity index (χ2v) is 8.12. The van der Waals surface area contributed by atoms with E-state index in [0.29, 0.717) is 5.56 Å². The summed E-state index contributed by atoms with van der Waals surface area (Å²) in [6.45, 7) is 0. The number of aromatic nitrogens is 1. The van der Waals surface area contributed by atoms with Gasteiger partial charge in [0.05, 0.1) is 12.8 Å². The highest BCUT2D eigenvalue weighted by molar-refractivity contribution is 6.25. The third kappa shape index (κ3) is 2.87. The van der Waals surface area contributed by atoms with Crippen LogP contribution in [0.25, 0.3) is 54.7 Å². The summed E-state index contributed by atoms with van der Waals surface area (Å²) in [5.74, 6) is 0.999. The maximum Gasteiger partial charge on any atom is 0.142 e. The Labute approximate surface area is 190 Å². The van der Waals surface area contributed by atoms with Crippen molar-refractivity contribution in [2.24, 2.45) is 0 Å². The third-order valence-electron chi connectivity index (χ3n) is 6.36. The highest BCUT2D eigenvalue weighted by Crippen LogP contribution is 2.41. The average Bonchev–Trinajstić information content (AvgIpc) is 2.87. The Kier molecular flexibility index (Phi) is 4.18. The number of nitrogens with two attached hydrogens (primary N) is 1. The number of ether oxygens (including phenoxy) is 1. The van der Waals surface area contributed by atoms with Crippen LogP contribution in [-0.2, 0) is 0 Å². The molecule has 6 aromatic rings. The number of benzene rings is 5. The zero-order valence-corrected chi connectivity index (χ0v) is 18.0. The first-order valence-electron chi connectivity index (χ1n) is 10.7. The summed E-state index contributed by atoms with van der Waals surface area (Å²) in [6, 6.07) is 31.1. The van der Waals surface area contributed by atoms with Crippen molar-refractivity contribution in [3.63, 3.8) is 0 Å². The zero-order valence-electron chi connectivity index (χ0n) is 18.0. The van der Waals surface area contributed by atoms with E-state index in [2.05, 4.69) is 65.7 Å². The Morgan fingerprint density at radius 3 is 2.15 bits per heavy atom. The Hall–Kier alpha value is -4.62. The molecule has 156 valence electrons. The number of rotatable bonds is 3. The maximum absolute atomic E-state index is 9.95. The van der Waals surface area contributed by atoms with Gasteiger partial charge in [0.2, 0.25) is 0 Å². The lowest BCUT2D eigenvalue weighted by Gasteiger charge is -2.16. The van der Waals surface area contributed by atoms with Gasteiger partial charge in [0.25, 0.3) is 0 Å². The lowest BCUT2D eigenvalue weighted by molar-refractivity contribution is 0.415. The van der Waals surface area contributed by atoms with Crippen molar-refractivity contribution in [1.82, 2.24) is 4.98 Å². The van der Waals surface area contributed by atoms with Crippen LogP contribution in [0.15, 0.2) is 84.9 Å². The SMILES string of the molecule is COc1ccc(-c2cc(-c3ccc4ccc5cccc6ccc3c4c56)c(C#N)c(N)n2)cc1. The van der Waals surface area contributed by atoms with Crippen LogP contribution in [0.5, 0.6) is 5.75 Å². The lowest BCUT2D eigenvalue weighted by Crippen LogP contribution is -2.00. The minimum absolute atomic E-state index is 0.228. The minimum atomic E-state index is 0.228. The molecule has 0 bridgehead atoms. The van der Waals surface area contributed by atoms with Gasteiger partial charge in [-0.15, -0.1) is 0 Å². The molecular weight excluding hydrogens is 406 g/mol. The second-order valence-electron chi connectivity index (χ2n) is 8.12. The molecule has 0 aliphatic heterocycles. The highest BCUT2D eigenvalue weighted by Gasteiger charge is 2.18. The highest BCUT2D eigenvalue weighted by atomic mass is 16.5. The Balaban J connectivity index is 1.66. The molecule has 1 aromatic heterocycles. The molecule has 0 amide bonds. The number of anilines is 1. The molecule has 33 heavy (non-hydrogen) atoms. The molecule has 2 N–H and O–H groups in total. The summed E-state index contributed by atoms with van der Waals surface area (Å²) in [4.78, 5) is 4.53. The van der Waals surface area contributed by atoms with Crippen LogP contribution in [-0.4, -0.2) is 12.1 Å². The summed E-state index contributed by atoms with van der Waals surface area (Å²) in [7, 11) is 1.64. The number of hydrogen-bond donors (Lipinski definition) is 1. The molecule has 0 atom stereocenters. The van der Waals surface area contributed by atoms with E-state index in [-0.39, 0.29) is 5.82 Å². The molecule has 6 rings (SSSR count). The summed E-state index contributed by atoms with van der Waals surface area (Å²) in [6.07, 6.45) is 0. The van der Waals surface area contributed by atoms with Gasteiger partial charge in [-0.25, -0.2) is 4.98 Å². The minimum Gasteiger partial charge on any atom is -0.497 e. The normalized spacial score (nSPS) is 11.3.